The largest absolute Gasteiger partial charge is 0.497 e. The quantitative estimate of drug-likeness (QED) is 0.457. The highest BCUT2D eigenvalue weighted by atomic mass is 16.5. The maximum atomic E-state index is 12.3. The van der Waals surface area contributed by atoms with Crippen molar-refractivity contribution in [2.24, 2.45) is 5.10 Å². The van der Waals surface area contributed by atoms with Crippen LogP contribution in [0.1, 0.15) is 26.3 Å². The molecule has 6 nitrogen and oxygen atoms in total. The number of amides is 2. The highest BCUT2D eigenvalue weighted by molar-refractivity contribution is 6.04. The lowest BCUT2D eigenvalue weighted by Crippen LogP contribution is -2.17. The molecule has 0 fully saturated rings. The number of nitrogens with zero attached hydrogens (tertiary/aromatic N) is 1. The molecule has 3 aromatic carbocycles. The molecule has 30 heavy (non-hydrogen) atoms. The number of methoxy groups -OCH3 is 1. The first-order chi connectivity index (χ1) is 14.7. The van der Waals surface area contributed by atoms with Crippen LogP contribution in [0.15, 0.2) is 90.0 Å². The number of nitrogens with one attached hydrogen (secondary N) is 2. The van der Waals surface area contributed by atoms with Gasteiger partial charge >= 0.3 is 0 Å². The molecule has 0 bridgehead atoms. The molecule has 0 saturated carbocycles. The number of carbonyl (C=O) groups is 2. The third-order valence-electron chi connectivity index (χ3n) is 4.17. The summed E-state index contributed by atoms with van der Waals surface area (Å²) in [5, 5.41) is 6.68. The number of anilines is 1. The molecule has 0 atom stereocenters. The Hall–Kier alpha value is -4.19. The van der Waals surface area contributed by atoms with E-state index in [9.17, 15) is 9.59 Å². The number of ether oxygens (including phenoxy) is 1. The second-order valence-corrected chi connectivity index (χ2v) is 6.25. The Morgan fingerprint density at radius 2 is 1.47 bits per heavy atom. The van der Waals surface area contributed by atoms with E-state index in [4.69, 9.17) is 4.74 Å². The number of allylic oxidation sites excluding steroid dienone is 1. The molecule has 2 amide bonds. The molecular weight excluding hydrogens is 378 g/mol. The van der Waals surface area contributed by atoms with Crippen molar-refractivity contribution >= 4 is 29.8 Å². The van der Waals surface area contributed by atoms with Gasteiger partial charge in [-0.15, -0.1) is 0 Å². The molecule has 0 aliphatic heterocycles. The first kappa shape index (κ1) is 20.5. The van der Waals surface area contributed by atoms with Crippen LogP contribution in [0, 0.1) is 0 Å². The van der Waals surface area contributed by atoms with Gasteiger partial charge in [0.25, 0.3) is 11.8 Å². The van der Waals surface area contributed by atoms with E-state index < -0.39 is 0 Å². The maximum Gasteiger partial charge on any atom is 0.271 e. The van der Waals surface area contributed by atoms with E-state index in [1.54, 1.807) is 61.7 Å². The third-order valence-corrected chi connectivity index (χ3v) is 4.17. The minimum atomic E-state index is -0.340. The Kier molecular flexibility index (Phi) is 7.11. The monoisotopic (exact) mass is 399 g/mol. The molecule has 6 heteroatoms. The van der Waals surface area contributed by atoms with Gasteiger partial charge in [0.05, 0.1) is 7.11 Å². The van der Waals surface area contributed by atoms with Gasteiger partial charge < -0.3 is 10.1 Å². The average molecular weight is 399 g/mol. The smallest absolute Gasteiger partial charge is 0.271 e. The fourth-order valence-electron chi connectivity index (χ4n) is 2.57. The summed E-state index contributed by atoms with van der Waals surface area (Å²) in [5.74, 6) is 0.0946. The van der Waals surface area contributed by atoms with Crippen LogP contribution in [0.4, 0.5) is 5.69 Å². The lowest BCUT2D eigenvalue weighted by Gasteiger charge is -2.07. The lowest BCUT2D eigenvalue weighted by molar-refractivity contribution is 0.0954. The average Bonchev–Trinajstić information content (AvgIpc) is 2.80. The zero-order chi connectivity index (χ0) is 21.2. The first-order valence-electron chi connectivity index (χ1n) is 9.26. The molecular formula is C24H21N3O3. The summed E-state index contributed by atoms with van der Waals surface area (Å²) in [6.45, 7) is 0. The van der Waals surface area contributed by atoms with Gasteiger partial charge in [0.2, 0.25) is 0 Å². The van der Waals surface area contributed by atoms with E-state index in [1.807, 2.05) is 36.4 Å². The summed E-state index contributed by atoms with van der Waals surface area (Å²) in [5.41, 5.74) is 5.03. The number of hydrazone groups is 1. The standard InChI is InChI=1S/C24H21N3O3/c1-30-22-15-11-19(12-16-22)23(28)26-21-13-9-20(10-14-21)24(29)27-25-17-5-8-18-6-3-2-4-7-18/h2-17H,1H3,(H,26,28)(H,27,29)/b8-5+,25-17+. The summed E-state index contributed by atoms with van der Waals surface area (Å²) in [6, 6.07) is 23.1. The Morgan fingerprint density at radius 3 is 2.13 bits per heavy atom. The van der Waals surface area contributed by atoms with Gasteiger partial charge in [0.15, 0.2) is 0 Å². The molecule has 3 rings (SSSR count). The summed E-state index contributed by atoms with van der Waals surface area (Å²) in [4.78, 5) is 24.4. The summed E-state index contributed by atoms with van der Waals surface area (Å²) in [6.07, 6.45) is 5.14. The second-order valence-electron chi connectivity index (χ2n) is 6.25. The molecule has 0 aromatic heterocycles. The van der Waals surface area contributed by atoms with E-state index in [0.29, 0.717) is 22.6 Å². The molecule has 0 heterocycles. The van der Waals surface area contributed by atoms with E-state index >= 15 is 0 Å². The Bertz CT molecular complexity index is 1040. The molecule has 0 saturated heterocycles. The van der Waals surface area contributed by atoms with Crippen molar-refractivity contribution in [3.05, 3.63) is 102 Å². The zero-order valence-electron chi connectivity index (χ0n) is 16.4. The molecule has 0 spiro atoms. The minimum Gasteiger partial charge on any atom is -0.497 e. The Balaban J connectivity index is 1.51. The van der Waals surface area contributed by atoms with Gasteiger partial charge in [0, 0.05) is 23.0 Å². The van der Waals surface area contributed by atoms with Crippen molar-refractivity contribution in [2.45, 2.75) is 0 Å². The van der Waals surface area contributed by atoms with Crippen molar-refractivity contribution in [3.63, 3.8) is 0 Å². The third kappa shape index (κ3) is 5.90. The number of hydrogen-bond donors (Lipinski definition) is 2. The first-order valence-corrected chi connectivity index (χ1v) is 9.26. The zero-order valence-corrected chi connectivity index (χ0v) is 16.4. The SMILES string of the molecule is COc1ccc(C(=O)Nc2ccc(C(=O)N/N=C/C=C/c3ccccc3)cc2)cc1. The highest BCUT2D eigenvalue weighted by Gasteiger charge is 2.08. The van der Waals surface area contributed by atoms with E-state index in [0.717, 1.165) is 5.56 Å². The molecule has 3 aromatic rings. The Labute approximate surface area is 174 Å². The van der Waals surface area contributed by atoms with Crippen LogP contribution in [-0.4, -0.2) is 25.1 Å². The summed E-state index contributed by atoms with van der Waals surface area (Å²) < 4.78 is 5.08. The normalized spacial score (nSPS) is 10.8. The number of carbonyl (C=O) groups excluding carboxylic acids is 2. The number of benzene rings is 3. The fourth-order valence-corrected chi connectivity index (χ4v) is 2.57. The molecule has 0 aliphatic rings. The minimum absolute atomic E-state index is 0.246. The van der Waals surface area contributed by atoms with Crippen molar-refractivity contribution in [1.82, 2.24) is 5.43 Å². The van der Waals surface area contributed by atoms with Crippen LogP contribution in [0.5, 0.6) is 5.75 Å². The molecule has 0 radical (unpaired) electrons. The van der Waals surface area contributed by atoms with Gasteiger partial charge in [0.1, 0.15) is 5.75 Å². The number of hydrogen-bond acceptors (Lipinski definition) is 4. The summed E-state index contributed by atoms with van der Waals surface area (Å²) in [7, 11) is 1.57. The Morgan fingerprint density at radius 1 is 0.833 bits per heavy atom. The van der Waals surface area contributed by atoms with Crippen LogP contribution < -0.4 is 15.5 Å². The van der Waals surface area contributed by atoms with Crippen LogP contribution in [0.2, 0.25) is 0 Å². The van der Waals surface area contributed by atoms with Crippen molar-refractivity contribution in [3.8, 4) is 5.75 Å². The predicted molar refractivity (Wildman–Crippen MR) is 119 cm³/mol. The highest BCUT2D eigenvalue weighted by Crippen LogP contribution is 2.14. The van der Waals surface area contributed by atoms with Crippen molar-refractivity contribution in [1.29, 1.82) is 0 Å². The number of rotatable bonds is 7. The van der Waals surface area contributed by atoms with Crippen LogP contribution in [0.3, 0.4) is 0 Å². The van der Waals surface area contributed by atoms with Crippen molar-refractivity contribution in [2.75, 3.05) is 12.4 Å². The van der Waals surface area contributed by atoms with Crippen LogP contribution >= 0.6 is 0 Å². The maximum absolute atomic E-state index is 12.3. The van der Waals surface area contributed by atoms with Gasteiger partial charge in [-0.1, -0.05) is 36.4 Å². The van der Waals surface area contributed by atoms with Gasteiger partial charge in [-0.3, -0.25) is 9.59 Å². The molecule has 2 N–H and O–H groups in total. The van der Waals surface area contributed by atoms with Crippen LogP contribution in [-0.2, 0) is 0 Å². The second kappa shape index (κ2) is 10.4. The van der Waals surface area contributed by atoms with E-state index in [2.05, 4.69) is 15.8 Å². The summed E-state index contributed by atoms with van der Waals surface area (Å²) >= 11 is 0. The van der Waals surface area contributed by atoms with E-state index in [1.165, 1.54) is 6.21 Å². The van der Waals surface area contributed by atoms with Gasteiger partial charge in [-0.2, -0.15) is 5.10 Å². The van der Waals surface area contributed by atoms with Gasteiger partial charge in [-0.05, 0) is 60.2 Å². The molecule has 0 aliphatic carbocycles. The molecule has 0 unspecified atom stereocenters. The van der Waals surface area contributed by atoms with E-state index in [-0.39, 0.29) is 11.8 Å². The molecule has 150 valence electrons. The van der Waals surface area contributed by atoms with Gasteiger partial charge in [-0.25, -0.2) is 5.43 Å². The van der Waals surface area contributed by atoms with Crippen LogP contribution in [0.25, 0.3) is 6.08 Å². The predicted octanol–water partition coefficient (Wildman–Crippen LogP) is 4.38. The fraction of sp³-hybridized carbons (Fsp3) is 0.0417. The van der Waals surface area contributed by atoms with Crippen molar-refractivity contribution < 1.29 is 14.3 Å². The lowest BCUT2D eigenvalue weighted by atomic mass is 10.1. The topological polar surface area (TPSA) is 79.8 Å².